The van der Waals surface area contributed by atoms with E-state index in [1.165, 1.54) is 12.4 Å². The number of halogens is 4. The summed E-state index contributed by atoms with van der Waals surface area (Å²) in [7, 11) is 0. The Labute approximate surface area is 168 Å². The highest BCUT2D eigenvalue weighted by Crippen LogP contribution is 2.31. The zero-order valence-electron chi connectivity index (χ0n) is 14.5. The molecule has 5 nitrogen and oxygen atoms in total. The molecule has 146 valence electrons. The lowest BCUT2D eigenvalue weighted by atomic mass is 10.1. The van der Waals surface area contributed by atoms with Gasteiger partial charge in [0, 0.05) is 28.5 Å². The number of Topliss-reactive ketones (excluding diaryl/α,β-unsaturated/α-hetero) is 1. The van der Waals surface area contributed by atoms with Gasteiger partial charge in [-0.2, -0.15) is 13.2 Å². The Bertz CT molecular complexity index is 961. The van der Waals surface area contributed by atoms with Gasteiger partial charge in [-0.15, -0.1) is 10.2 Å². The van der Waals surface area contributed by atoms with E-state index in [1.54, 1.807) is 43.3 Å². The molecule has 28 heavy (non-hydrogen) atoms. The number of pyridine rings is 1. The van der Waals surface area contributed by atoms with Crippen molar-refractivity contribution in [1.29, 1.82) is 0 Å². The number of carbonyl (C=O) groups is 1. The van der Waals surface area contributed by atoms with Crippen LogP contribution in [0.1, 0.15) is 17.3 Å². The largest absolute Gasteiger partial charge is 0.406 e. The van der Waals surface area contributed by atoms with Crippen molar-refractivity contribution in [3.63, 3.8) is 0 Å². The predicted octanol–water partition coefficient (Wildman–Crippen LogP) is 4.92. The minimum absolute atomic E-state index is 0.0129. The van der Waals surface area contributed by atoms with Gasteiger partial charge in [-0.1, -0.05) is 23.4 Å². The van der Waals surface area contributed by atoms with Crippen molar-refractivity contribution in [3.05, 3.63) is 59.4 Å². The van der Waals surface area contributed by atoms with Gasteiger partial charge in [0.1, 0.15) is 6.54 Å². The van der Waals surface area contributed by atoms with E-state index in [0.717, 1.165) is 16.3 Å². The van der Waals surface area contributed by atoms with E-state index in [2.05, 4.69) is 15.2 Å². The number of nitrogens with zero attached hydrogens (tertiary/aromatic N) is 4. The van der Waals surface area contributed by atoms with Gasteiger partial charge in [-0.3, -0.25) is 14.3 Å². The molecule has 0 aliphatic rings. The number of carbonyl (C=O) groups excluding carboxylic acids is 1. The average Bonchev–Trinajstić information content (AvgIpc) is 3.03. The number of aromatic nitrogens is 4. The third kappa shape index (κ3) is 4.90. The van der Waals surface area contributed by atoms with Crippen LogP contribution < -0.4 is 0 Å². The Kier molecular flexibility index (Phi) is 6.04. The number of rotatable bonds is 6. The molecule has 3 rings (SSSR count). The number of ketones is 1. The zero-order chi connectivity index (χ0) is 20.3. The second-order valence-corrected chi connectivity index (χ2v) is 7.62. The Morgan fingerprint density at radius 2 is 1.79 bits per heavy atom. The molecule has 1 aromatic carbocycles. The standard InChI is InChI=1S/C18H14ClF3N4OS/c1-11(15(27)12-2-4-14(19)5-3-12)28-17-25-24-16(13-6-8-23-9-7-13)26(17)10-18(20,21)22/h2-9,11H,10H2,1H3. The van der Waals surface area contributed by atoms with Crippen molar-refractivity contribution >= 4 is 29.1 Å². The molecule has 3 aromatic rings. The van der Waals surface area contributed by atoms with E-state index >= 15 is 0 Å². The molecule has 0 N–H and O–H groups in total. The van der Waals surface area contributed by atoms with Gasteiger partial charge in [-0.25, -0.2) is 0 Å². The molecule has 0 fully saturated rings. The van der Waals surface area contributed by atoms with Crippen LogP contribution in [0.15, 0.2) is 53.9 Å². The maximum Gasteiger partial charge on any atom is 0.406 e. The van der Waals surface area contributed by atoms with Crippen LogP contribution in [-0.2, 0) is 6.54 Å². The summed E-state index contributed by atoms with van der Waals surface area (Å²) in [4.78, 5) is 16.4. The molecule has 0 saturated carbocycles. The van der Waals surface area contributed by atoms with Crippen LogP contribution in [0.25, 0.3) is 11.4 Å². The van der Waals surface area contributed by atoms with Crippen molar-refractivity contribution in [2.75, 3.05) is 0 Å². The van der Waals surface area contributed by atoms with Crippen LogP contribution in [0, 0.1) is 0 Å². The SMILES string of the molecule is CC(Sc1nnc(-c2ccncc2)n1CC(F)(F)F)C(=O)c1ccc(Cl)cc1. The summed E-state index contributed by atoms with van der Waals surface area (Å²) >= 11 is 6.74. The molecule has 0 spiro atoms. The predicted molar refractivity (Wildman–Crippen MR) is 100 cm³/mol. The summed E-state index contributed by atoms with van der Waals surface area (Å²) in [5.41, 5.74) is 0.871. The van der Waals surface area contributed by atoms with Gasteiger partial charge in [0.25, 0.3) is 0 Å². The van der Waals surface area contributed by atoms with E-state index in [4.69, 9.17) is 11.6 Å². The summed E-state index contributed by atoms with van der Waals surface area (Å²) < 4.78 is 40.3. The fourth-order valence-electron chi connectivity index (χ4n) is 2.47. The molecule has 0 aliphatic heterocycles. The van der Waals surface area contributed by atoms with Crippen LogP contribution in [0.3, 0.4) is 0 Å². The van der Waals surface area contributed by atoms with Crippen LogP contribution in [0.5, 0.6) is 0 Å². The van der Waals surface area contributed by atoms with Crippen LogP contribution in [0.4, 0.5) is 13.2 Å². The highest BCUT2D eigenvalue weighted by Gasteiger charge is 2.32. The maximum atomic E-state index is 13.1. The van der Waals surface area contributed by atoms with Gasteiger partial charge in [-0.05, 0) is 43.3 Å². The van der Waals surface area contributed by atoms with Crippen molar-refractivity contribution < 1.29 is 18.0 Å². The van der Waals surface area contributed by atoms with E-state index in [-0.39, 0.29) is 16.8 Å². The lowest BCUT2D eigenvalue weighted by Crippen LogP contribution is -2.20. The molecule has 0 aliphatic carbocycles. The first-order chi connectivity index (χ1) is 13.2. The smallest absolute Gasteiger partial charge is 0.293 e. The number of hydrogen-bond acceptors (Lipinski definition) is 5. The van der Waals surface area contributed by atoms with Crippen molar-refractivity contribution in [2.24, 2.45) is 0 Å². The molecule has 1 atom stereocenters. The topological polar surface area (TPSA) is 60.7 Å². The lowest BCUT2D eigenvalue weighted by molar-refractivity contribution is -0.141. The molecular weight excluding hydrogens is 413 g/mol. The van der Waals surface area contributed by atoms with Crippen LogP contribution >= 0.6 is 23.4 Å². The first kappa shape index (κ1) is 20.3. The molecule has 0 amide bonds. The second kappa shape index (κ2) is 8.32. The number of hydrogen-bond donors (Lipinski definition) is 0. The minimum Gasteiger partial charge on any atom is -0.293 e. The zero-order valence-corrected chi connectivity index (χ0v) is 16.1. The van der Waals surface area contributed by atoms with Gasteiger partial charge in [0.15, 0.2) is 16.8 Å². The molecule has 1 unspecified atom stereocenters. The molecule has 10 heteroatoms. The highest BCUT2D eigenvalue weighted by atomic mass is 35.5. The summed E-state index contributed by atoms with van der Waals surface area (Å²) in [6.45, 7) is 0.349. The number of alkyl halides is 3. The molecular formula is C18H14ClF3N4OS. The molecule has 0 bridgehead atoms. The third-order valence-corrected chi connectivity index (χ3v) is 5.11. The minimum atomic E-state index is -4.47. The lowest BCUT2D eigenvalue weighted by Gasteiger charge is -2.14. The highest BCUT2D eigenvalue weighted by molar-refractivity contribution is 8.00. The average molecular weight is 427 g/mol. The number of thioether (sulfide) groups is 1. The summed E-state index contributed by atoms with van der Waals surface area (Å²) in [6.07, 6.45) is -1.55. The molecule has 2 aromatic heterocycles. The Balaban J connectivity index is 1.89. The van der Waals surface area contributed by atoms with E-state index < -0.39 is 18.0 Å². The first-order valence-corrected chi connectivity index (χ1v) is 9.37. The fraction of sp³-hybridized carbons (Fsp3) is 0.222. The molecule has 2 heterocycles. The normalized spacial score (nSPS) is 12.8. The van der Waals surface area contributed by atoms with E-state index in [9.17, 15) is 18.0 Å². The quantitative estimate of drug-likeness (QED) is 0.413. The fourth-order valence-corrected chi connectivity index (χ4v) is 3.52. The summed E-state index contributed by atoms with van der Waals surface area (Å²) in [6, 6.07) is 9.41. The van der Waals surface area contributed by atoms with Crippen LogP contribution in [0.2, 0.25) is 5.02 Å². The summed E-state index contributed by atoms with van der Waals surface area (Å²) in [5.74, 6) is -0.179. The van der Waals surface area contributed by atoms with Crippen molar-refractivity contribution in [3.8, 4) is 11.4 Å². The van der Waals surface area contributed by atoms with E-state index in [0.29, 0.717) is 16.1 Å². The maximum absolute atomic E-state index is 13.1. The molecule has 0 saturated heterocycles. The second-order valence-electron chi connectivity index (χ2n) is 5.87. The van der Waals surface area contributed by atoms with E-state index in [1.807, 2.05) is 0 Å². The molecule has 0 radical (unpaired) electrons. The Morgan fingerprint density at radius 1 is 1.14 bits per heavy atom. The number of benzene rings is 1. The van der Waals surface area contributed by atoms with Crippen molar-refractivity contribution in [2.45, 2.75) is 30.1 Å². The Hall–Kier alpha value is -2.39. The first-order valence-electron chi connectivity index (χ1n) is 8.11. The monoisotopic (exact) mass is 426 g/mol. The van der Waals surface area contributed by atoms with Crippen molar-refractivity contribution in [1.82, 2.24) is 19.7 Å². The Morgan fingerprint density at radius 3 is 2.39 bits per heavy atom. The van der Waals surface area contributed by atoms with Crippen LogP contribution in [-0.4, -0.2) is 37.0 Å². The van der Waals surface area contributed by atoms with Gasteiger partial charge >= 0.3 is 6.18 Å². The van der Waals surface area contributed by atoms with Gasteiger partial charge in [0.05, 0.1) is 5.25 Å². The van der Waals surface area contributed by atoms with Gasteiger partial charge in [0.2, 0.25) is 0 Å². The third-order valence-electron chi connectivity index (χ3n) is 3.77. The van der Waals surface area contributed by atoms with Gasteiger partial charge < -0.3 is 0 Å². The summed E-state index contributed by atoms with van der Waals surface area (Å²) in [5, 5.41) is 7.63.